The minimum atomic E-state index is -0.616. The Balaban J connectivity index is 3.03. The summed E-state index contributed by atoms with van der Waals surface area (Å²) in [6, 6.07) is 3.67. The van der Waals surface area contributed by atoms with E-state index in [1.165, 1.54) is 12.1 Å². The molecule has 2 atom stereocenters. The number of nitro groups is 1. The molecular formula is C11H13ClFNO2. The molecule has 3 nitrogen and oxygen atoms in total. The first-order valence-electron chi connectivity index (χ1n) is 5.05. The quantitative estimate of drug-likeness (QED) is 0.459. The minimum Gasteiger partial charge on any atom is -0.258 e. The van der Waals surface area contributed by atoms with Gasteiger partial charge in [-0.15, -0.1) is 11.6 Å². The molecule has 0 aliphatic carbocycles. The van der Waals surface area contributed by atoms with Gasteiger partial charge in [-0.3, -0.25) is 10.1 Å². The summed E-state index contributed by atoms with van der Waals surface area (Å²) in [7, 11) is 0. The van der Waals surface area contributed by atoms with E-state index in [2.05, 4.69) is 0 Å². The van der Waals surface area contributed by atoms with Crippen LogP contribution in [0.25, 0.3) is 0 Å². The first kappa shape index (κ1) is 12.9. The van der Waals surface area contributed by atoms with Crippen molar-refractivity contribution in [1.82, 2.24) is 0 Å². The van der Waals surface area contributed by atoms with Crippen molar-refractivity contribution in [2.45, 2.75) is 31.6 Å². The third-order valence-electron chi connectivity index (χ3n) is 2.62. The van der Waals surface area contributed by atoms with Crippen molar-refractivity contribution in [3.63, 3.8) is 0 Å². The van der Waals surface area contributed by atoms with Gasteiger partial charge in [0.1, 0.15) is 5.82 Å². The van der Waals surface area contributed by atoms with Crippen molar-refractivity contribution in [3.05, 3.63) is 39.7 Å². The van der Waals surface area contributed by atoms with Gasteiger partial charge in [0.05, 0.1) is 11.0 Å². The predicted octanol–water partition coefficient (Wildman–Crippen LogP) is 3.85. The van der Waals surface area contributed by atoms with Crippen LogP contribution in [-0.4, -0.2) is 10.3 Å². The van der Waals surface area contributed by atoms with E-state index in [4.69, 9.17) is 11.6 Å². The Hall–Kier alpha value is -1.16. The first-order chi connectivity index (χ1) is 7.47. The van der Waals surface area contributed by atoms with Gasteiger partial charge < -0.3 is 0 Å². The molecule has 0 saturated carbocycles. The monoisotopic (exact) mass is 245 g/mol. The molecule has 88 valence electrons. The average molecular weight is 246 g/mol. The molecular weight excluding hydrogens is 233 g/mol. The number of hydrogen-bond donors (Lipinski definition) is 0. The molecule has 0 aliphatic rings. The summed E-state index contributed by atoms with van der Waals surface area (Å²) < 4.78 is 13.6. The Morgan fingerprint density at radius 3 is 2.62 bits per heavy atom. The van der Waals surface area contributed by atoms with Gasteiger partial charge in [-0.2, -0.15) is 0 Å². The van der Waals surface area contributed by atoms with Gasteiger partial charge in [0.25, 0.3) is 5.69 Å². The SMILES string of the molecule is CCC(Cl)C(C)c1ccc([N+](=O)[O-])cc1F. The lowest BCUT2D eigenvalue weighted by molar-refractivity contribution is -0.385. The molecule has 0 fully saturated rings. The third-order valence-corrected chi connectivity index (χ3v) is 3.30. The van der Waals surface area contributed by atoms with Gasteiger partial charge in [-0.1, -0.05) is 13.8 Å². The van der Waals surface area contributed by atoms with Crippen molar-refractivity contribution < 1.29 is 9.31 Å². The summed E-state index contributed by atoms with van der Waals surface area (Å²) in [6.07, 6.45) is 0.721. The van der Waals surface area contributed by atoms with Crippen LogP contribution in [0.1, 0.15) is 31.7 Å². The Kier molecular flexibility index (Phi) is 4.24. The molecule has 1 rings (SSSR count). The summed E-state index contributed by atoms with van der Waals surface area (Å²) >= 11 is 6.02. The largest absolute Gasteiger partial charge is 0.272 e. The van der Waals surface area contributed by atoms with E-state index in [9.17, 15) is 14.5 Å². The zero-order valence-electron chi connectivity index (χ0n) is 9.11. The van der Waals surface area contributed by atoms with Crippen LogP contribution in [-0.2, 0) is 0 Å². The van der Waals surface area contributed by atoms with Gasteiger partial charge in [-0.05, 0) is 18.1 Å². The number of nitro benzene ring substituents is 1. The van der Waals surface area contributed by atoms with Crippen molar-refractivity contribution >= 4 is 17.3 Å². The van der Waals surface area contributed by atoms with Gasteiger partial charge in [0.2, 0.25) is 0 Å². The summed E-state index contributed by atoms with van der Waals surface area (Å²) in [5.74, 6) is -0.728. The van der Waals surface area contributed by atoms with E-state index < -0.39 is 10.7 Å². The van der Waals surface area contributed by atoms with Crippen LogP contribution in [0.2, 0.25) is 0 Å². The van der Waals surface area contributed by atoms with Crippen LogP contribution in [0.3, 0.4) is 0 Å². The van der Waals surface area contributed by atoms with Crippen molar-refractivity contribution in [2.24, 2.45) is 0 Å². The Bertz CT molecular complexity index is 398. The van der Waals surface area contributed by atoms with Crippen LogP contribution in [0.5, 0.6) is 0 Å². The topological polar surface area (TPSA) is 43.1 Å². The van der Waals surface area contributed by atoms with E-state index >= 15 is 0 Å². The lowest BCUT2D eigenvalue weighted by Gasteiger charge is -2.17. The second-order valence-corrected chi connectivity index (χ2v) is 4.24. The van der Waals surface area contributed by atoms with E-state index in [1.807, 2.05) is 13.8 Å². The highest BCUT2D eigenvalue weighted by molar-refractivity contribution is 6.21. The minimum absolute atomic E-state index is 0.160. The van der Waals surface area contributed by atoms with Crippen LogP contribution in [0.4, 0.5) is 10.1 Å². The van der Waals surface area contributed by atoms with Crippen LogP contribution in [0.15, 0.2) is 18.2 Å². The summed E-state index contributed by atoms with van der Waals surface area (Å²) in [5.41, 5.74) is 0.184. The maximum atomic E-state index is 13.6. The molecule has 0 N–H and O–H groups in total. The van der Waals surface area contributed by atoms with E-state index in [-0.39, 0.29) is 17.0 Å². The second-order valence-electron chi connectivity index (χ2n) is 3.68. The Labute approximate surface area is 98.4 Å². The van der Waals surface area contributed by atoms with Crippen LogP contribution in [0, 0.1) is 15.9 Å². The lowest BCUT2D eigenvalue weighted by Crippen LogP contribution is -2.10. The van der Waals surface area contributed by atoms with Gasteiger partial charge >= 0.3 is 0 Å². The van der Waals surface area contributed by atoms with Crippen LogP contribution < -0.4 is 0 Å². The fraction of sp³-hybridized carbons (Fsp3) is 0.455. The van der Waals surface area contributed by atoms with Crippen molar-refractivity contribution in [2.75, 3.05) is 0 Å². The van der Waals surface area contributed by atoms with E-state index in [0.717, 1.165) is 12.5 Å². The molecule has 0 spiro atoms. The molecule has 2 unspecified atom stereocenters. The molecule has 0 amide bonds. The molecule has 0 aromatic heterocycles. The highest BCUT2D eigenvalue weighted by atomic mass is 35.5. The number of halogens is 2. The normalized spacial score (nSPS) is 14.5. The molecule has 5 heteroatoms. The predicted molar refractivity (Wildman–Crippen MR) is 61.4 cm³/mol. The highest BCUT2D eigenvalue weighted by Crippen LogP contribution is 2.29. The number of hydrogen-bond acceptors (Lipinski definition) is 2. The zero-order chi connectivity index (χ0) is 12.3. The first-order valence-corrected chi connectivity index (χ1v) is 5.49. The molecule has 1 aromatic carbocycles. The number of benzene rings is 1. The summed E-state index contributed by atoms with van der Waals surface area (Å²) in [5, 5.41) is 10.3. The maximum Gasteiger partial charge on any atom is 0.272 e. The third kappa shape index (κ3) is 2.70. The van der Waals surface area contributed by atoms with Crippen molar-refractivity contribution in [3.8, 4) is 0 Å². The van der Waals surface area contributed by atoms with Gasteiger partial charge in [-0.25, -0.2) is 4.39 Å². The number of rotatable bonds is 4. The Morgan fingerprint density at radius 2 is 2.19 bits per heavy atom. The van der Waals surface area contributed by atoms with Gasteiger partial charge in [0.15, 0.2) is 0 Å². The molecule has 1 aromatic rings. The lowest BCUT2D eigenvalue weighted by atomic mass is 9.95. The summed E-state index contributed by atoms with van der Waals surface area (Å²) in [6.45, 7) is 3.73. The molecule has 0 aliphatic heterocycles. The van der Waals surface area contributed by atoms with E-state index in [0.29, 0.717) is 5.56 Å². The molecule has 0 radical (unpaired) electrons. The van der Waals surface area contributed by atoms with Crippen molar-refractivity contribution in [1.29, 1.82) is 0 Å². The zero-order valence-corrected chi connectivity index (χ0v) is 9.87. The number of non-ortho nitro benzene ring substituents is 1. The fourth-order valence-corrected chi connectivity index (χ4v) is 1.68. The highest BCUT2D eigenvalue weighted by Gasteiger charge is 2.20. The summed E-state index contributed by atoms with van der Waals surface area (Å²) in [4.78, 5) is 9.82. The van der Waals surface area contributed by atoms with Gasteiger partial charge in [0, 0.05) is 17.4 Å². The van der Waals surface area contributed by atoms with Crippen LogP contribution >= 0.6 is 11.6 Å². The Morgan fingerprint density at radius 1 is 1.56 bits per heavy atom. The maximum absolute atomic E-state index is 13.6. The number of nitrogens with zero attached hydrogens (tertiary/aromatic N) is 1. The average Bonchev–Trinajstić information content (AvgIpc) is 2.26. The molecule has 0 bridgehead atoms. The molecule has 16 heavy (non-hydrogen) atoms. The molecule has 0 heterocycles. The second kappa shape index (κ2) is 5.25. The van der Waals surface area contributed by atoms with E-state index in [1.54, 1.807) is 0 Å². The number of alkyl halides is 1. The molecule has 0 saturated heterocycles. The fourth-order valence-electron chi connectivity index (χ4n) is 1.55. The smallest absolute Gasteiger partial charge is 0.258 e. The standard InChI is InChI=1S/C11H13ClFNO2/c1-3-10(12)7(2)9-5-4-8(14(15)16)6-11(9)13/h4-7,10H,3H2,1-2H3.